The van der Waals surface area contributed by atoms with E-state index in [2.05, 4.69) is 16.0 Å². The van der Waals surface area contributed by atoms with Crippen LogP contribution in [0.1, 0.15) is 51.4 Å². The van der Waals surface area contributed by atoms with Gasteiger partial charge in [0.05, 0.1) is 29.3 Å². The summed E-state index contributed by atoms with van der Waals surface area (Å²) < 4.78 is 18.9. The molecule has 1 aromatic carbocycles. The van der Waals surface area contributed by atoms with Gasteiger partial charge in [0.25, 0.3) is 5.91 Å². The maximum Gasteiger partial charge on any atom is 0.258 e. The molecular weight excluding hydrogens is 453 g/mol. The summed E-state index contributed by atoms with van der Waals surface area (Å²) in [5.74, 6) is -0.928. The Bertz CT molecular complexity index is 893. The molecule has 33 heavy (non-hydrogen) atoms. The number of amides is 2. The van der Waals surface area contributed by atoms with Crippen molar-refractivity contribution >= 4 is 23.4 Å². The number of carbonyl (C=O) groups is 2. The number of nitrogens with one attached hydrogen (secondary N) is 3. The van der Waals surface area contributed by atoms with Gasteiger partial charge in [0.15, 0.2) is 6.61 Å². The molecule has 4 fully saturated rings. The van der Waals surface area contributed by atoms with Gasteiger partial charge in [-0.15, -0.1) is 0 Å². The highest BCUT2D eigenvalue weighted by Gasteiger charge is 2.55. The van der Waals surface area contributed by atoms with Crippen molar-refractivity contribution in [1.29, 1.82) is 0 Å². The number of carbonyl (C=O) groups excluding carboxylic acids is 2. The third-order valence-electron chi connectivity index (χ3n) is 7.38. The standard InChI is InChI=1S/C23H31ClFN3O5/c24-16-5-4-15(10-17(16)25)33-13-20(31)27-23-8-6-22(7-9-23,11-19(23)30)28-21(32)18-3-1-2-14(12-29)26-18/h4-5,10,14,18-19,26,29-30H,1-3,6-9,11-13H2,(H,27,31)(H,28,32). The van der Waals surface area contributed by atoms with Crippen LogP contribution in [0.5, 0.6) is 5.75 Å². The Morgan fingerprint density at radius 3 is 2.64 bits per heavy atom. The first-order chi connectivity index (χ1) is 15.7. The van der Waals surface area contributed by atoms with Crippen LogP contribution >= 0.6 is 11.6 Å². The van der Waals surface area contributed by atoms with Gasteiger partial charge in [-0.3, -0.25) is 9.59 Å². The van der Waals surface area contributed by atoms with Crippen molar-refractivity contribution in [1.82, 2.24) is 16.0 Å². The molecular formula is C23H31ClFN3O5. The highest BCUT2D eigenvalue weighted by atomic mass is 35.5. The van der Waals surface area contributed by atoms with Crippen molar-refractivity contribution in [2.45, 2.75) is 80.6 Å². The number of hydrogen-bond acceptors (Lipinski definition) is 6. The van der Waals surface area contributed by atoms with Crippen molar-refractivity contribution in [2.24, 2.45) is 0 Å². The third kappa shape index (κ3) is 5.26. The summed E-state index contributed by atoms with van der Waals surface area (Å²) in [6.45, 7) is -0.302. The van der Waals surface area contributed by atoms with Crippen LogP contribution in [-0.2, 0) is 9.59 Å². The monoisotopic (exact) mass is 483 g/mol. The fraction of sp³-hybridized carbons (Fsp3) is 0.652. The number of aliphatic hydroxyl groups excluding tert-OH is 2. The lowest BCUT2D eigenvalue weighted by Crippen LogP contribution is -2.71. The fourth-order valence-electron chi connectivity index (χ4n) is 5.41. The Kier molecular flexibility index (Phi) is 7.14. The van der Waals surface area contributed by atoms with Gasteiger partial charge in [-0.25, -0.2) is 4.39 Å². The predicted octanol–water partition coefficient (Wildman–Crippen LogP) is 1.41. The van der Waals surface area contributed by atoms with Crippen LogP contribution in [-0.4, -0.2) is 64.5 Å². The Hall–Kier alpha value is -1.94. The lowest BCUT2D eigenvalue weighted by atomic mass is 9.59. The number of hydrogen-bond donors (Lipinski definition) is 5. The number of halogens is 2. The third-order valence-corrected chi connectivity index (χ3v) is 7.68. The molecule has 4 aliphatic rings. The van der Waals surface area contributed by atoms with Crippen LogP contribution in [0.2, 0.25) is 5.02 Å². The van der Waals surface area contributed by atoms with E-state index < -0.39 is 28.9 Å². The van der Waals surface area contributed by atoms with Gasteiger partial charge in [0, 0.05) is 17.6 Å². The molecule has 1 aromatic rings. The van der Waals surface area contributed by atoms with Crippen LogP contribution < -0.4 is 20.7 Å². The molecule has 0 aromatic heterocycles. The molecule has 3 atom stereocenters. The van der Waals surface area contributed by atoms with Gasteiger partial charge in [-0.2, -0.15) is 0 Å². The average Bonchev–Trinajstić information content (AvgIpc) is 2.81. The highest BCUT2D eigenvalue weighted by Crippen LogP contribution is 2.47. The van der Waals surface area contributed by atoms with Crippen LogP contribution in [0.3, 0.4) is 0 Å². The lowest BCUT2D eigenvalue weighted by molar-refractivity contribution is -0.137. The van der Waals surface area contributed by atoms with E-state index in [9.17, 15) is 24.2 Å². The minimum atomic E-state index is -0.804. The van der Waals surface area contributed by atoms with Crippen LogP contribution in [0, 0.1) is 5.82 Å². The summed E-state index contributed by atoms with van der Waals surface area (Å²) in [7, 11) is 0. The zero-order chi connectivity index (χ0) is 23.6. The zero-order valence-corrected chi connectivity index (χ0v) is 19.2. The Morgan fingerprint density at radius 2 is 1.97 bits per heavy atom. The summed E-state index contributed by atoms with van der Waals surface area (Å²) in [6, 6.07) is 3.55. The normalized spacial score (nSPS) is 33.4. The Morgan fingerprint density at radius 1 is 1.21 bits per heavy atom. The first-order valence-corrected chi connectivity index (χ1v) is 11.9. The van der Waals surface area contributed by atoms with Crippen molar-refractivity contribution in [2.75, 3.05) is 13.2 Å². The second kappa shape index (κ2) is 9.74. The van der Waals surface area contributed by atoms with E-state index in [-0.39, 0.29) is 42.0 Å². The predicted molar refractivity (Wildman–Crippen MR) is 119 cm³/mol. The summed E-state index contributed by atoms with van der Waals surface area (Å²) in [5, 5.41) is 29.5. The fourth-order valence-corrected chi connectivity index (χ4v) is 5.53. The summed E-state index contributed by atoms with van der Waals surface area (Å²) in [4.78, 5) is 25.4. The van der Waals surface area contributed by atoms with Gasteiger partial charge in [0.1, 0.15) is 11.6 Å². The molecule has 1 saturated heterocycles. The molecule has 3 unspecified atom stereocenters. The first-order valence-electron chi connectivity index (χ1n) is 11.5. The molecule has 2 bridgehead atoms. The summed E-state index contributed by atoms with van der Waals surface area (Å²) in [6.07, 6.45) is 4.37. The van der Waals surface area contributed by atoms with E-state index in [0.29, 0.717) is 32.1 Å². The summed E-state index contributed by atoms with van der Waals surface area (Å²) in [5.41, 5.74) is -1.25. The highest BCUT2D eigenvalue weighted by molar-refractivity contribution is 6.30. The Balaban J connectivity index is 1.30. The molecule has 5 rings (SSSR count). The van der Waals surface area contributed by atoms with Crippen LogP contribution in [0.4, 0.5) is 4.39 Å². The summed E-state index contributed by atoms with van der Waals surface area (Å²) >= 11 is 5.65. The van der Waals surface area contributed by atoms with Crippen LogP contribution in [0.15, 0.2) is 18.2 Å². The molecule has 3 saturated carbocycles. The molecule has 182 valence electrons. The topological polar surface area (TPSA) is 120 Å². The number of fused-ring (bicyclic) bond motifs is 3. The Labute approximate surface area is 197 Å². The molecule has 1 aliphatic heterocycles. The van der Waals surface area contributed by atoms with E-state index in [1.807, 2.05) is 0 Å². The molecule has 5 N–H and O–H groups in total. The number of aliphatic hydroxyl groups is 2. The van der Waals surface area contributed by atoms with Crippen molar-refractivity contribution in [3.63, 3.8) is 0 Å². The molecule has 0 radical (unpaired) electrons. The van der Waals surface area contributed by atoms with Gasteiger partial charge in [-0.05, 0) is 63.5 Å². The van der Waals surface area contributed by atoms with E-state index in [4.69, 9.17) is 16.3 Å². The van der Waals surface area contributed by atoms with E-state index in [1.54, 1.807) is 0 Å². The second-order valence-electron chi connectivity index (χ2n) is 9.59. The largest absolute Gasteiger partial charge is 0.484 e. The number of piperidine rings is 1. The van der Waals surface area contributed by atoms with Crippen molar-refractivity contribution in [3.05, 3.63) is 29.0 Å². The quantitative estimate of drug-likeness (QED) is 0.400. The SMILES string of the molecule is O=C(COc1ccc(Cl)c(F)c1)NC12CCC(NC(=O)C3CCCC(CO)N3)(CC1)CC2O. The van der Waals surface area contributed by atoms with Gasteiger partial charge >= 0.3 is 0 Å². The van der Waals surface area contributed by atoms with E-state index in [1.165, 1.54) is 12.1 Å². The van der Waals surface area contributed by atoms with E-state index in [0.717, 1.165) is 25.3 Å². The molecule has 2 amide bonds. The minimum Gasteiger partial charge on any atom is -0.484 e. The molecule has 0 spiro atoms. The zero-order valence-electron chi connectivity index (χ0n) is 18.4. The molecule has 8 nitrogen and oxygen atoms in total. The maximum atomic E-state index is 13.5. The van der Waals surface area contributed by atoms with Gasteiger partial charge in [0.2, 0.25) is 5.91 Å². The average molecular weight is 484 g/mol. The smallest absolute Gasteiger partial charge is 0.258 e. The number of rotatable bonds is 7. The maximum absolute atomic E-state index is 13.5. The first kappa shape index (κ1) is 24.2. The van der Waals surface area contributed by atoms with Crippen LogP contribution in [0.25, 0.3) is 0 Å². The lowest BCUT2D eigenvalue weighted by Gasteiger charge is -2.56. The molecule has 3 aliphatic carbocycles. The van der Waals surface area contributed by atoms with Crippen molar-refractivity contribution in [3.8, 4) is 5.75 Å². The van der Waals surface area contributed by atoms with E-state index >= 15 is 0 Å². The number of benzene rings is 1. The molecule has 10 heteroatoms. The number of ether oxygens (including phenoxy) is 1. The van der Waals surface area contributed by atoms with Gasteiger partial charge in [-0.1, -0.05) is 11.6 Å². The molecule has 1 heterocycles. The minimum absolute atomic E-state index is 0.00648. The second-order valence-corrected chi connectivity index (χ2v) is 10.00. The van der Waals surface area contributed by atoms with Gasteiger partial charge < -0.3 is 30.9 Å². The van der Waals surface area contributed by atoms with Crippen molar-refractivity contribution < 1.29 is 28.9 Å².